The number of Topliss-reactive ketones (excluding diaryl/α,β-unsaturated/α-hetero) is 1. The van der Waals surface area contributed by atoms with Gasteiger partial charge in [0, 0.05) is 18.2 Å². The summed E-state index contributed by atoms with van der Waals surface area (Å²) >= 11 is 0. The molecule has 1 aliphatic rings. The smallest absolute Gasteiger partial charge is 0.497 e. The minimum Gasteiger partial charge on any atom is -0.497 e. The fourth-order valence-electron chi connectivity index (χ4n) is 2.98. The highest BCUT2D eigenvalue weighted by atomic mass is 19.4. The van der Waals surface area contributed by atoms with Crippen LogP contribution in [0.1, 0.15) is 15.9 Å². The quantitative estimate of drug-likeness (QED) is 0.705. The van der Waals surface area contributed by atoms with Gasteiger partial charge in [-0.3, -0.25) is 19.4 Å². The number of fused-ring (bicyclic) bond motifs is 1. The second kappa shape index (κ2) is 7.51. The molecule has 9 heteroatoms. The number of methoxy groups -OCH3 is 1. The van der Waals surface area contributed by atoms with Crippen LogP contribution < -0.4 is 14.4 Å². The number of amides is 1. The Morgan fingerprint density at radius 1 is 1.11 bits per heavy atom. The van der Waals surface area contributed by atoms with Crippen molar-refractivity contribution in [3.63, 3.8) is 0 Å². The molecule has 0 unspecified atom stereocenters. The zero-order valence-corrected chi connectivity index (χ0v) is 15.1. The summed E-state index contributed by atoms with van der Waals surface area (Å²) in [4.78, 5) is 27.4. The number of ketones is 1. The lowest BCUT2D eigenvalue weighted by molar-refractivity contribution is -0.275. The van der Waals surface area contributed by atoms with Gasteiger partial charge in [-0.25, -0.2) is 0 Å². The topological polar surface area (TPSA) is 59.1 Å². The van der Waals surface area contributed by atoms with E-state index in [2.05, 4.69) is 4.74 Å². The minimum absolute atomic E-state index is 0.00505. The molecule has 28 heavy (non-hydrogen) atoms. The molecular weight excluding hydrogens is 377 g/mol. The molecular formula is C19H17F3N2O4. The van der Waals surface area contributed by atoms with E-state index in [1.807, 2.05) is 0 Å². The van der Waals surface area contributed by atoms with Crippen LogP contribution in [-0.4, -0.2) is 43.8 Å². The van der Waals surface area contributed by atoms with Crippen LogP contribution in [0, 0.1) is 0 Å². The maximum atomic E-state index is 12.6. The Labute approximate surface area is 159 Å². The molecule has 0 aromatic heterocycles. The largest absolute Gasteiger partial charge is 0.573 e. The average molecular weight is 394 g/mol. The number of rotatable bonds is 6. The Hall–Kier alpha value is -3.07. The molecule has 1 amide bonds. The van der Waals surface area contributed by atoms with E-state index in [4.69, 9.17) is 4.74 Å². The molecule has 2 aromatic carbocycles. The van der Waals surface area contributed by atoms with Gasteiger partial charge >= 0.3 is 12.3 Å². The molecule has 0 bridgehead atoms. The summed E-state index contributed by atoms with van der Waals surface area (Å²) in [5.74, 6) is -1.16. The van der Waals surface area contributed by atoms with E-state index in [9.17, 15) is 22.8 Å². The third-order valence-corrected chi connectivity index (χ3v) is 4.20. The molecule has 0 N–H and O–H groups in total. The lowest BCUT2D eigenvalue weighted by Crippen LogP contribution is -2.39. The first-order chi connectivity index (χ1) is 13.2. The van der Waals surface area contributed by atoms with E-state index >= 15 is 0 Å². The van der Waals surface area contributed by atoms with Crippen LogP contribution in [0.2, 0.25) is 0 Å². The van der Waals surface area contributed by atoms with Crippen LogP contribution in [0.25, 0.3) is 0 Å². The Morgan fingerprint density at radius 2 is 1.82 bits per heavy atom. The Bertz CT molecular complexity index is 914. The fraction of sp³-hybridized carbons (Fsp3) is 0.263. The third-order valence-electron chi connectivity index (χ3n) is 4.20. The SMILES string of the molecule is COc1ccc2c(c1)N(CN(C)Cc1ccccc1OC(F)(F)F)C(=O)C2=O. The number of nitrogens with zero attached hydrogens (tertiary/aromatic N) is 2. The van der Waals surface area contributed by atoms with Gasteiger partial charge in [0.1, 0.15) is 11.5 Å². The van der Waals surface area contributed by atoms with Gasteiger partial charge in [0.2, 0.25) is 0 Å². The van der Waals surface area contributed by atoms with Crippen molar-refractivity contribution in [2.45, 2.75) is 12.9 Å². The summed E-state index contributed by atoms with van der Waals surface area (Å²) in [6, 6.07) is 10.4. The number of ether oxygens (including phenoxy) is 2. The second-order valence-corrected chi connectivity index (χ2v) is 6.26. The Balaban J connectivity index is 1.79. The first-order valence-electron chi connectivity index (χ1n) is 8.26. The number of hydrogen-bond acceptors (Lipinski definition) is 5. The van der Waals surface area contributed by atoms with E-state index in [1.165, 1.54) is 36.3 Å². The molecule has 0 saturated carbocycles. The number of hydrogen-bond donors (Lipinski definition) is 0. The number of para-hydroxylation sites is 1. The maximum absolute atomic E-state index is 12.6. The highest BCUT2D eigenvalue weighted by Crippen LogP contribution is 2.33. The van der Waals surface area contributed by atoms with E-state index in [-0.39, 0.29) is 24.5 Å². The van der Waals surface area contributed by atoms with Crippen LogP contribution in [0.4, 0.5) is 18.9 Å². The normalized spacial score (nSPS) is 13.9. The zero-order chi connectivity index (χ0) is 20.5. The fourth-order valence-corrected chi connectivity index (χ4v) is 2.98. The summed E-state index contributed by atoms with van der Waals surface area (Å²) in [5, 5.41) is 0. The van der Waals surface area contributed by atoms with Gasteiger partial charge in [0.15, 0.2) is 0 Å². The van der Waals surface area contributed by atoms with Crippen LogP contribution >= 0.6 is 0 Å². The third kappa shape index (κ3) is 4.09. The van der Waals surface area contributed by atoms with Crippen LogP contribution in [-0.2, 0) is 11.3 Å². The van der Waals surface area contributed by atoms with Gasteiger partial charge in [-0.15, -0.1) is 13.2 Å². The molecule has 1 heterocycles. The number of carbonyl (C=O) groups excluding carboxylic acids is 2. The lowest BCUT2D eigenvalue weighted by atomic mass is 10.1. The Kier molecular flexibility index (Phi) is 5.28. The first kappa shape index (κ1) is 19.7. The van der Waals surface area contributed by atoms with E-state index in [0.29, 0.717) is 17.0 Å². The molecule has 3 rings (SSSR count). The molecule has 0 aliphatic carbocycles. The maximum Gasteiger partial charge on any atom is 0.573 e. The van der Waals surface area contributed by atoms with E-state index < -0.39 is 18.1 Å². The van der Waals surface area contributed by atoms with Crippen molar-refractivity contribution in [2.24, 2.45) is 0 Å². The predicted molar refractivity (Wildman–Crippen MR) is 94.3 cm³/mol. The molecule has 0 fully saturated rings. The van der Waals surface area contributed by atoms with Crippen molar-refractivity contribution in [3.8, 4) is 11.5 Å². The van der Waals surface area contributed by atoms with Crippen LogP contribution in [0.5, 0.6) is 11.5 Å². The predicted octanol–water partition coefficient (Wildman–Crippen LogP) is 3.21. The molecule has 1 aliphatic heterocycles. The molecule has 148 valence electrons. The average Bonchev–Trinajstić information content (AvgIpc) is 2.86. The van der Waals surface area contributed by atoms with Gasteiger partial charge in [-0.2, -0.15) is 0 Å². The summed E-state index contributed by atoms with van der Waals surface area (Å²) in [7, 11) is 3.09. The van der Waals surface area contributed by atoms with Crippen molar-refractivity contribution in [2.75, 3.05) is 25.7 Å². The summed E-state index contributed by atoms with van der Waals surface area (Å²) in [6.45, 7) is 0.0780. The van der Waals surface area contributed by atoms with Gasteiger partial charge in [-0.05, 0) is 25.2 Å². The number of anilines is 1. The van der Waals surface area contributed by atoms with Gasteiger partial charge in [0.05, 0.1) is 25.0 Å². The van der Waals surface area contributed by atoms with Gasteiger partial charge in [0.25, 0.3) is 5.78 Å². The van der Waals surface area contributed by atoms with E-state index in [0.717, 1.165) is 0 Å². The monoisotopic (exact) mass is 394 g/mol. The molecule has 0 spiro atoms. The highest BCUT2D eigenvalue weighted by Gasteiger charge is 2.37. The highest BCUT2D eigenvalue weighted by molar-refractivity contribution is 6.52. The number of alkyl halides is 3. The van der Waals surface area contributed by atoms with Crippen molar-refractivity contribution < 1.29 is 32.2 Å². The standard InChI is InChI=1S/C19H17F3N2O4/c1-23(10-12-5-3-4-6-16(12)28-19(20,21)22)11-24-15-9-13(27-2)7-8-14(15)17(25)18(24)26/h3-9H,10-11H2,1-2H3. The summed E-state index contributed by atoms with van der Waals surface area (Å²) < 4.78 is 46.9. The number of carbonyl (C=O) groups is 2. The molecule has 0 atom stereocenters. The Morgan fingerprint density at radius 3 is 2.50 bits per heavy atom. The minimum atomic E-state index is -4.80. The molecule has 2 aromatic rings. The van der Waals surface area contributed by atoms with Crippen molar-refractivity contribution in [1.82, 2.24) is 4.90 Å². The van der Waals surface area contributed by atoms with E-state index in [1.54, 1.807) is 30.1 Å². The second-order valence-electron chi connectivity index (χ2n) is 6.26. The molecule has 0 saturated heterocycles. The summed E-state index contributed by atoms with van der Waals surface area (Å²) in [6.07, 6.45) is -4.80. The molecule has 6 nitrogen and oxygen atoms in total. The van der Waals surface area contributed by atoms with Crippen LogP contribution in [0.3, 0.4) is 0 Å². The van der Waals surface area contributed by atoms with Crippen molar-refractivity contribution in [3.05, 3.63) is 53.6 Å². The van der Waals surface area contributed by atoms with Crippen molar-refractivity contribution in [1.29, 1.82) is 0 Å². The van der Waals surface area contributed by atoms with Crippen LogP contribution in [0.15, 0.2) is 42.5 Å². The summed E-state index contributed by atoms with van der Waals surface area (Å²) in [5.41, 5.74) is 0.965. The van der Waals surface area contributed by atoms with Crippen molar-refractivity contribution >= 4 is 17.4 Å². The number of benzene rings is 2. The molecule has 0 radical (unpaired) electrons. The zero-order valence-electron chi connectivity index (χ0n) is 15.1. The first-order valence-corrected chi connectivity index (χ1v) is 8.26. The van der Waals surface area contributed by atoms with Gasteiger partial charge < -0.3 is 9.47 Å². The number of halogens is 3. The van der Waals surface area contributed by atoms with Gasteiger partial charge in [-0.1, -0.05) is 18.2 Å². The lowest BCUT2D eigenvalue weighted by Gasteiger charge is -2.25.